The van der Waals surface area contributed by atoms with E-state index in [-0.39, 0.29) is 12.2 Å². The zero-order valence-corrected chi connectivity index (χ0v) is 13.8. The van der Waals surface area contributed by atoms with Gasteiger partial charge in [-0.15, -0.1) is 0 Å². The van der Waals surface area contributed by atoms with Crippen molar-refractivity contribution in [3.05, 3.63) is 28.8 Å². The van der Waals surface area contributed by atoms with Gasteiger partial charge in [0.05, 0.1) is 0 Å². The molecule has 0 radical (unpaired) electrons. The minimum Gasteiger partial charge on any atom is -0.377 e. The van der Waals surface area contributed by atoms with E-state index < -0.39 is 0 Å². The van der Waals surface area contributed by atoms with Crippen molar-refractivity contribution in [2.45, 2.75) is 32.1 Å². The molecule has 0 aliphatic carbocycles. The fourth-order valence-corrected chi connectivity index (χ4v) is 3.04. The standard InChI is InChI=1S/C16H25ClN2O2/c1-4-8-18-9-12-13(17)6-5-7-14(12)19-10-15(20-2)16(11-19)21-3/h5-7,15-16,18H,4,8-11H2,1-3H3. The van der Waals surface area contributed by atoms with Crippen LogP contribution in [0, 0.1) is 0 Å². The Kier molecular flexibility index (Phi) is 6.30. The zero-order valence-electron chi connectivity index (χ0n) is 13.1. The van der Waals surface area contributed by atoms with E-state index in [1.54, 1.807) is 14.2 Å². The zero-order chi connectivity index (χ0) is 15.2. The molecule has 1 aromatic carbocycles. The molecule has 2 rings (SSSR count). The maximum Gasteiger partial charge on any atom is 0.102 e. The van der Waals surface area contributed by atoms with E-state index >= 15 is 0 Å². The normalized spacial score (nSPS) is 22.0. The van der Waals surface area contributed by atoms with Gasteiger partial charge in [-0.1, -0.05) is 24.6 Å². The molecule has 0 bridgehead atoms. The third-order valence-electron chi connectivity index (χ3n) is 3.98. The lowest BCUT2D eigenvalue weighted by molar-refractivity contribution is -0.00461. The Bertz CT molecular complexity index is 444. The van der Waals surface area contributed by atoms with E-state index in [1.807, 2.05) is 12.1 Å². The first-order valence-electron chi connectivity index (χ1n) is 7.49. The third-order valence-corrected chi connectivity index (χ3v) is 4.34. The summed E-state index contributed by atoms with van der Waals surface area (Å²) in [6.45, 7) is 5.60. The second-order valence-corrected chi connectivity index (χ2v) is 5.77. The molecule has 0 amide bonds. The topological polar surface area (TPSA) is 33.7 Å². The molecule has 1 aromatic rings. The first-order valence-corrected chi connectivity index (χ1v) is 7.87. The second-order valence-electron chi connectivity index (χ2n) is 5.37. The third kappa shape index (κ3) is 3.89. The number of methoxy groups -OCH3 is 2. The van der Waals surface area contributed by atoms with E-state index in [9.17, 15) is 0 Å². The Morgan fingerprint density at radius 1 is 1.24 bits per heavy atom. The van der Waals surface area contributed by atoms with Crippen molar-refractivity contribution in [1.82, 2.24) is 5.32 Å². The van der Waals surface area contributed by atoms with Crippen LogP contribution < -0.4 is 10.2 Å². The Balaban J connectivity index is 2.17. The van der Waals surface area contributed by atoms with Crippen molar-refractivity contribution >= 4 is 17.3 Å². The Hall–Kier alpha value is -0.810. The highest BCUT2D eigenvalue weighted by Gasteiger charge is 2.34. The Morgan fingerprint density at radius 2 is 1.90 bits per heavy atom. The van der Waals surface area contributed by atoms with Crippen molar-refractivity contribution in [3.8, 4) is 0 Å². The number of benzene rings is 1. The van der Waals surface area contributed by atoms with Crippen molar-refractivity contribution < 1.29 is 9.47 Å². The summed E-state index contributed by atoms with van der Waals surface area (Å²) in [5, 5.41) is 4.24. The summed E-state index contributed by atoms with van der Waals surface area (Å²) >= 11 is 6.40. The molecule has 1 aliphatic rings. The molecule has 5 heteroatoms. The molecule has 1 aliphatic heterocycles. The molecule has 1 heterocycles. The summed E-state index contributed by atoms with van der Waals surface area (Å²) in [7, 11) is 3.48. The highest BCUT2D eigenvalue weighted by Crippen LogP contribution is 2.31. The fourth-order valence-electron chi connectivity index (χ4n) is 2.80. The lowest BCUT2D eigenvalue weighted by Gasteiger charge is -2.23. The summed E-state index contributed by atoms with van der Waals surface area (Å²) in [5.74, 6) is 0. The molecule has 1 saturated heterocycles. The number of rotatable bonds is 7. The Morgan fingerprint density at radius 3 is 2.48 bits per heavy atom. The largest absolute Gasteiger partial charge is 0.377 e. The number of hydrogen-bond acceptors (Lipinski definition) is 4. The van der Waals surface area contributed by atoms with Crippen LogP contribution in [0.3, 0.4) is 0 Å². The molecule has 0 spiro atoms. The molecule has 0 aromatic heterocycles. The van der Waals surface area contributed by atoms with Gasteiger partial charge >= 0.3 is 0 Å². The lowest BCUT2D eigenvalue weighted by Crippen LogP contribution is -2.27. The maximum atomic E-state index is 6.40. The quantitative estimate of drug-likeness (QED) is 0.785. The molecular weight excluding hydrogens is 288 g/mol. The van der Waals surface area contributed by atoms with E-state index in [2.05, 4.69) is 23.2 Å². The molecule has 2 atom stereocenters. The summed E-state index contributed by atoms with van der Waals surface area (Å²) < 4.78 is 11.0. The number of ether oxygens (including phenoxy) is 2. The van der Waals surface area contributed by atoms with Crippen LogP contribution >= 0.6 is 11.6 Å². The molecule has 2 unspecified atom stereocenters. The van der Waals surface area contributed by atoms with E-state index in [0.29, 0.717) is 0 Å². The first-order chi connectivity index (χ1) is 10.2. The van der Waals surface area contributed by atoms with Gasteiger partial charge in [-0.3, -0.25) is 0 Å². The molecule has 4 nitrogen and oxygen atoms in total. The fraction of sp³-hybridized carbons (Fsp3) is 0.625. The first kappa shape index (κ1) is 16.6. The SMILES string of the molecule is CCCNCc1c(Cl)cccc1N1CC(OC)C(OC)C1. The van der Waals surface area contributed by atoms with Crippen LogP contribution in [0.1, 0.15) is 18.9 Å². The predicted molar refractivity (Wildman–Crippen MR) is 87.3 cm³/mol. The van der Waals surface area contributed by atoms with E-state index in [0.717, 1.165) is 43.2 Å². The van der Waals surface area contributed by atoms with Crippen molar-refractivity contribution in [3.63, 3.8) is 0 Å². The number of nitrogens with zero attached hydrogens (tertiary/aromatic N) is 1. The van der Waals surface area contributed by atoms with Crippen molar-refractivity contribution in [1.29, 1.82) is 0 Å². The highest BCUT2D eigenvalue weighted by atomic mass is 35.5. The van der Waals surface area contributed by atoms with E-state index in [1.165, 1.54) is 5.69 Å². The second kappa shape index (κ2) is 7.99. The van der Waals surface area contributed by atoms with Crippen LogP contribution in [0.25, 0.3) is 0 Å². The van der Waals surface area contributed by atoms with Gasteiger partial charge in [-0.2, -0.15) is 0 Å². The lowest BCUT2D eigenvalue weighted by atomic mass is 10.1. The minimum atomic E-state index is 0.102. The van der Waals surface area contributed by atoms with Gasteiger partial charge in [0.25, 0.3) is 0 Å². The average molecular weight is 313 g/mol. The highest BCUT2D eigenvalue weighted by molar-refractivity contribution is 6.31. The van der Waals surface area contributed by atoms with Gasteiger partial charge in [-0.05, 0) is 25.1 Å². The van der Waals surface area contributed by atoms with Crippen LogP contribution in [0.4, 0.5) is 5.69 Å². The van der Waals surface area contributed by atoms with Crippen LogP contribution in [-0.2, 0) is 16.0 Å². The van der Waals surface area contributed by atoms with Gasteiger partial charge in [0.1, 0.15) is 12.2 Å². The van der Waals surface area contributed by atoms with Crippen molar-refractivity contribution in [2.75, 3.05) is 38.8 Å². The van der Waals surface area contributed by atoms with Crippen LogP contribution in [0.15, 0.2) is 18.2 Å². The summed E-state index contributed by atoms with van der Waals surface area (Å²) in [6, 6.07) is 6.08. The Labute approximate surface area is 132 Å². The van der Waals surface area contributed by atoms with E-state index in [4.69, 9.17) is 21.1 Å². The van der Waals surface area contributed by atoms with Gasteiger partial charge in [-0.25, -0.2) is 0 Å². The molecule has 1 fully saturated rings. The molecule has 1 N–H and O–H groups in total. The van der Waals surface area contributed by atoms with Gasteiger partial charge in [0.15, 0.2) is 0 Å². The van der Waals surface area contributed by atoms with Crippen LogP contribution in [0.2, 0.25) is 5.02 Å². The number of hydrogen-bond donors (Lipinski definition) is 1. The van der Waals surface area contributed by atoms with Crippen molar-refractivity contribution in [2.24, 2.45) is 0 Å². The molecule has 0 saturated carbocycles. The number of halogens is 1. The summed E-state index contributed by atoms with van der Waals surface area (Å²) in [4.78, 5) is 2.30. The van der Waals surface area contributed by atoms with Crippen LogP contribution in [0.5, 0.6) is 0 Å². The molecular formula is C16H25ClN2O2. The molecule has 21 heavy (non-hydrogen) atoms. The average Bonchev–Trinajstić information content (AvgIpc) is 2.92. The van der Waals surface area contributed by atoms with Gasteiger partial charge in [0, 0.05) is 50.1 Å². The monoisotopic (exact) mass is 312 g/mol. The van der Waals surface area contributed by atoms with Gasteiger partial charge < -0.3 is 19.7 Å². The summed E-state index contributed by atoms with van der Waals surface area (Å²) in [6.07, 6.45) is 1.32. The van der Waals surface area contributed by atoms with Crippen LogP contribution in [-0.4, -0.2) is 46.1 Å². The number of anilines is 1. The maximum absolute atomic E-state index is 6.40. The minimum absolute atomic E-state index is 0.102. The summed E-state index contributed by atoms with van der Waals surface area (Å²) in [5.41, 5.74) is 2.33. The predicted octanol–water partition coefficient (Wildman–Crippen LogP) is 2.69. The molecule has 118 valence electrons. The van der Waals surface area contributed by atoms with Gasteiger partial charge in [0.2, 0.25) is 0 Å². The number of nitrogens with one attached hydrogen (secondary N) is 1. The smallest absolute Gasteiger partial charge is 0.102 e.